The van der Waals surface area contributed by atoms with Gasteiger partial charge in [-0.05, 0) is 63.6 Å². The van der Waals surface area contributed by atoms with E-state index in [2.05, 4.69) is 11.9 Å². The summed E-state index contributed by atoms with van der Waals surface area (Å²) in [6, 6.07) is 7.55. The SMILES string of the molecule is CN1CCC(C(CN)COc2cccc(Cl)c2)CC1. The number of piperidine rings is 1. The first kappa shape index (κ1) is 14.6. The molecule has 4 heteroatoms. The molecule has 2 N–H and O–H groups in total. The van der Waals surface area contributed by atoms with Crippen molar-refractivity contribution in [1.82, 2.24) is 4.90 Å². The first-order valence-electron chi connectivity index (χ1n) is 6.96. The lowest BCUT2D eigenvalue weighted by Crippen LogP contribution is -2.37. The fourth-order valence-corrected chi connectivity index (χ4v) is 2.84. The summed E-state index contributed by atoms with van der Waals surface area (Å²) in [5.41, 5.74) is 5.91. The summed E-state index contributed by atoms with van der Waals surface area (Å²) >= 11 is 5.95. The molecule has 1 aromatic rings. The minimum absolute atomic E-state index is 0.438. The Balaban J connectivity index is 1.85. The van der Waals surface area contributed by atoms with Gasteiger partial charge < -0.3 is 15.4 Å². The quantitative estimate of drug-likeness (QED) is 0.902. The van der Waals surface area contributed by atoms with Crippen molar-refractivity contribution in [2.24, 2.45) is 17.6 Å². The minimum Gasteiger partial charge on any atom is -0.493 e. The molecule has 2 rings (SSSR count). The van der Waals surface area contributed by atoms with Crippen LogP contribution in [0.4, 0.5) is 0 Å². The van der Waals surface area contributed by atoms with Gasteiger partial charge in [-0.15, -0.1) is 0 Å². The molecule has 1 saturated heterocycles. The molecule has 0 aliphatic carbocycles. The first-order valence-corrected chi connectivity index (χ1v) is 7.34. The van der Waals surface area contributed by atoms with Crippen LogP contribution in [0.15, 0.2) is 24.3 Å². The summed E-state index contributed by atoms with van der Waals surface area (Å²) in [6.45, 7) is 3.71. The largest absolute Gasteiger partial charge is 0.493 e. The van der Waals surface area contributed by atoms with Gasteiger partial charge in [-0.25, -0.2) is 0 Å². The number of nitrogens with two attached hydrogens (primary N) is 1. The number of ether oxygens (including phenoxy) is 1. The molecule has 0 bridgehead atoms. The molecular weight excluding hydrogens is 260 g/mol. The number of halogens is 1. The highest BCUT2D eigenvalue weighted by Gasteiger charge is 2.24. The summed E-state index contributed by atoms with van der Waals surface area (Å²) in [5.74, 6) is 1.95. The van der Waals surface area contributed by atoms with Crippen LogP contribution in [0.3, 0.4) is 0 Å². The number of likely N-dealkylation sites (tertiary alicyclic amines) is 1. The maximum Gasteiger partial charge on any atom is 0.120 e. The van der Waals surface area contributed by atoms with E-state index in [0.717, 1.165) is 5.75 Å². The predicted octanol–water partition coefficient (Wildman–Crippen LogP) is 2.64. The molecule has 0 spiro atoms. The fourth-order valence-electron chi connectivity index (χ4n) is 2.66. The van der Waals surface area contributed by atoms with Crippen molar-refractivity contribution in [1.29, 1.82) is 0 Å². The molecule has 0 saturated carbocycles. The van der Waals surface area contributed by atoms with Crippen molar-refractivity contribution >= 4 is 11.6 Å². The summed E-state index contributed by atoms with van der Waals surface area (Å²) in [6.07, 6.45) is 2.44. The van der Waals surface area contributed by atoms with E-state index in [1.807, 2.05) is 24.3 Å². The van der Waals surface area contributed by atoms with Gasteiger partial charge in [0.1, 0.15) is 5.75 Å². The van der Waals surface area contributed by atoms with Crippen molar-refractivity contribution in [3.8, 4) is 5.75 Å². The van der Waals surface area contributed by atoms with Gasteiger partial charge in [-0.3, -0.25) is 0 Å². The molecule has 1 aromatic carbocycles. The molecule has 1 atom stereocenters. The average Bonchev–Trinajstić information content (AvgIpc) is 2.41. The van der Waals surface area contributed by atoms with Gasteiger partial charge in [0.05, 0.1) is 6.61 Å². The molecule has 0 radical (unpaired) electrons. The van der Waals surface area contributed by atoms with Crippen molar-refractivity contribution in [3.05, 3.63) is 29.3 Å². The molecule has 1 heterocycles. The Hall–Kier alpha value is -0.770. The maximum atomic E-state index is 5.95. The maximum absolute atomic E-state index is 5.95. The molecule has 0 aromatic heterocycles. The van der Waals surface area contributed by atoms with Crippen LogP contribution >= 0.6 is 11.6 Å². The zero-order valence-electron chi connectivity index (χ0n) is 11.5. The van der Waals surface area contributed by atoms with E-state index in [9.17, 15) is 0 Å². The van der Waals surface area contributed by atoms with Gasteiger partial charge in [0.15, 0.2) is 0 Å². The molecule has 1 aliphatic rings. The summed E-state index contributed by atoms with van der Waals surface area (Å²) in [4.78, 5) is 2.38. The van der Waals surface area contributed by atoms with Gasteiger partial charge >= 0.3 is 0 Å². The molecule has 1 aliphatic heterocycles. The van der Waals surface area contributed by atoms with Crippen LogP contribution in [0.5, 0.6) is 5.75 Å². The first-order chi connectivity index (χ1) is 9.19. The molecule has 106 valence electrons. The zero-order valence-corrected chi connectivity index (χ0v) is 12.3. The number of hydrogen-bond donors (Lipinski definition) is 1. The monoisotopic (exact) mass is 282 g/mol. The van der Waals surface area contributed by atoms with E-state index in [0.29, 0.717) is 30.0 Å². The average molecular weight is 283 g/mol. The molecule has 3 nitrogen and oxygen atoms in total. The van der Waals surface area contributed by atoms with Crippen molar-refractivity contribution < 1.29 is 4.74 Å². The van der Waals surface area contributed by atoms with Crippen LogP contribution in [0.1, 0.15) is 12.8 Å². The standard InChI is InChI=1S/C15H23ClN2O/c1-18-7-5-12(6-8-18)13(10-17)11-19-15-4-2-3-14(16)9-15/h2-4,9,12-13H,5-8,10-11,17H2,1H3. The topological polar surface area (TPSA) is 38.5 Å². The van der Waals surface area contributed by atoms with Gasteiger partial charge in [-0.2, -0.15) is 0 Å². The Morgan fingerprint density at radius 3 is 2.79 bits per heavy atom. The molecule has 1 fully saturated rings. The Kier molecular flexibility index (Phi) is 5.49. The second-order valence-corrected chi connectivity index (χ2v) is 5.84. The van der Waals surface area contributed by atoms with Gasteiger partial charge in [0, 0.05) is 10.9 Å². The van der Waals surface area contributed by atoms with Gasteiger partial charge in [0.25, 0.3) is 0 Å². The van der Waals surface area contributed by atoms with Crippen LogP contribution in [0.25, 0.3) is 0 Å². The fraction of sp³-hybridized carbons (Fsp3) is 0.600. The van der Waals surface area contributed by atoms with Crippen LogP contribution in [-0.4, -0.2) is 38.2 Å². The van der Waals surface area contributed by atoms with Crippen LogP contribution in [-0.2, 0) is 0 Å². The highest BCUT2D eigenvalue weighted by Crippen LogP contribution is 2.25. The summed E-state index contributed by atoms with van der Waals surface area (Å²) < 4.78 is 5.84. The Labute approximate surface area is 120 Å². The lowest BCUT2D eigenvalue weighted by Gasteiger charge is -2.33. The number of benzene rings is 1. The lowest BCUT2D eigenvalue weighted by atomic mass is 9.85. The van der Waals surface area contributed by atoms with Gasteiger partial charge in [0.2, 0.25) is 0 Å². The third kappa shape index (κ3) is 4.37. The lowest BCUT2D eigenvalue weighted by molar-refractivity contribution is 0.132. The van der Waals surface area contributed by atoms with Crippen molar-refractivity contribution in [3.63, 3.8) is 0 Å². The Morgan fingerprint density at radius 2 is 2.16 bits per heavy atom. The smallest absolute Gasteiger partial charge is 0.120 e. The molecular formula is C15H23ClN2O. The number of hydrogen-bond acceptors (Lipinski definition) is 3. The number of rotatable bonds is 5. The van der Waals surface area contributed by atoms with E-state index in [4.69, 9.17) is 22.1 Å². The van der Waals surface area contributed by atoms with Crippen molar-refractivity contribution in [2.75, 3.05) is 33.3 Å². The van der Waals surface area contributed by atoms with E-state index in [1.54, 1.807) is 0 Å². The van der Waals surface area contributed by atoms with E-state index in [-0.39, 0.29) is 0 Å². The summed E-state index contributed by atoms with van der Waals surface area (Å²) in [7, 11) is 2.18. The Morgan fingerprint density at radius 1 is 1.42 bits per heavy atom. The second kappa shape index (κ2) is 7.13. The van der Waals surface area contributed by atoms with Gasteiger partial charge in [-0.1, -0.05) is 17.7 Å². The number of nitrogens with zero attached hydrogens (tertiary/aromatic N) is 1. The van der Waals surface area contributed by atoms with E-state index in [1.165, 1.54) is 25.9 Å². The predicted molar refractivity (Wildman–Crippen MR) is 79.7 cm³/mol. The van der Waals surface area contributed by atoms with E-state index < -0.39 is 0 Å². The zero-order chi connectivity index (χ0) is 13.7. The Bertz CT molecular complexity index is 391. The molecule has 19 heavy (non-hydrogen) atoms. The van der Waals surface area contributed by atoms with Crippen LogP contribution in [0, 0.1) is 11.8 Å². The van der Waals surface area contributed by atoms with Crippen LogP contribution in [0.2, 0.25) is 5.02 Å². The highest BCUT2D eigenvalue weighted by atomic mass is 35.5. The highest BCUT2D eigenvalue weighted by molar-refractivity contribution is 6.30. The second-order valence-electron chi connectivity index (χ2n) is 5.40. The molecule has 0 amide bonds. The van der Waals surface area contributed by atoms with Crippen molar-refractivity contribution in [2.45, 2.75) is 12.8 Å². The third-order valence-corrected chi connectivity index (χ3v) is 4.23. The van der Waals surface area contributed by atoms with Crippen LogP contribution < -0.4 is 10.5 Å². The molecule has 1 unspecified atom stereocenters. The minimum atomic E-state index is 0.438. The normalized spacial score (nSPS) is 19.3. The third-order valence-electron chi connectivity index (χ3n) is 3.99. The summed E-state index contributed by atoms with van der Waals surface area (Å²) in [5, 5.41) is 0.709. The van der Waals surface area contributed by atoms with E-state index >= 15 is 0 Å².